The molecule has 0 radical (unpaired) electrons. The van der Waals surface area contributed by atoms with Gasteiger partial charge in [-0.25, -0.2) is 4.39 Å². The summed E-state index contributed by atoms with van der Waals surface area (Å²) in [6.45, 7) is 5.49. The molecule has 1 N–H and O–H groups in total. The van der Waals surface area contributed by atoms with Crippen LogP contribution < -0.4 is 0 Å². The van der Waals surface area contributed by atoms with Crippen molar-refractivity contribution in [1.29, 1.82) is 0 Å². The van der Waals surface area contributed by atoms with Crippen molar-refractivity contribution in [1.82, 2.24) is 9.78 Å². The Morgan fingerprint density at radius 3 is 2.58 bits per heavy atom. The Labute approximate surface area is 120 Å². The molecule has 1 heterocycles. The molecule has 1 aromatic heterocycles. The van der Waals surface area contributed by atoms with Gasteiger partial charge in [0.1, 0.15) is 11.4 Å². The maximum Gasteiger partial charge on any atom is 0.132 e. The third kappa shape index (κ3) is 2.44. The molecule has 0 aliphatic carbocycles. The van der Waals surface area contributed by atoms with Gasteiger partial charge in [0.25, 0.3) is 0 Å². The molecule has 0 aliphatic heterocycles. The fourth-order valence-electron chi connectivity index (χ4n) is 2.17. The van der Waals surface area contributed by atoms with Crippen LogP contribution in [0.3, 0.4) is 0 Å². The van der Waals surface area contributed by atoms with E-state index in [9.17, 15) is 9.50 Å². The van der Waals surface area contributed by atoms with Gasteiger partial charge in [0, 0.05) is 11.6 Å². The van der Waals surface area contributed by atoms with Crippen LogP contribution in [0.5, 0.6) is 0 Å². The Morgan fingerprint density at radius 2 is 2.00 bits per heavy atom. The minimum absolute atomic E-state index is 0.0690. The van der Waals surface area contributed by atoms with Crippen molar-refractivity contribution in [3.63, 3.8) is 0 Å². The Bertz CT molecular complexity index is 593. The molecule has 1 unspecified atom stereocenters. The third-order valence-electron chi connectivity index (χ3n) is 3.10. The molecule has 2 rings (SSSR count). The molecular weight excluding hydrogens is 311 g/mol. The van der Waals surface area contributed by atoms with E-state index in [0.29, 0.717) is 10.2 Å². The number of aromatic nitrogens is 2. The molecule has 1 atom stereocenters. The second-order valence-electron chi connectivity index (χ2n) is 4.93. The highest BCUT2D eigenvalue weighted by atomic mass is 79.9. The average molecular weight is 327 g/mol. The molecule has 2 aromatic rings. The number of rotatable bonds is 3. The largest absolute Gasteiger partial charge is 0.379 e. The van der Waals surface area contributed by atoms with Gasteiger partial charge in [-0.05, 0) is 42.8 Å². The molecule has 102 valence electrons. The summed E-state index contributed by atoms with van der Waals surface area (Å²) >= 11 is 3.38. The molecule has 0 fully saturated rings. The Balaban J connectivity index is 2.63. The molecular formula is C14H16BrFN2O. The van der Waals surface area contributed by atoms with E-state index in [1.54, 1.807) is 36.0 Å². The van der Waals surface area contributed by atoms with Gasteiger partial charge in [0.05, 0.1) is 16.4 Å². The predicted octanol–water partition coefficient (Wildman–Crippen LogP) is 3.62. The van der Waals surface area contributed by atoms with E-state index in [-0.39, 0.29) is 11.6 Å². The lowest BCUT2D eigenvalue weighted by atomic mass is 9.91. The number of hydrogen-bond acceptors (Lipinski definition) is 2. The molecule has 0 spiro atoms. The first-order chi connectivity index (χ1) is 8.85. The van der Waals surface area contributed by atoms with Crippen LogP contribution >= 0.6 is 15.9 Å². The van der Waals surface area contributed by atoms with Crippen LogP contribution in [0.15, 0.2) is 34.9 Å². The zero-order valence-electron chi connectivity index (χ0n) is 11.1. The summed E-state index contributed by atoms with van der Waals surface area (Å²) in [5.41, 5.74) is -0.670. The van der Waals surface area contributed by atoms with Gasteiger partial charge in [-0.15, -0.1) is 0 Å². The lowest BCUT2D eigenvalue weighted by Crippen LogP contribution is -2.29. The van der Waals surface area contributed by atoms with Crippen LogP contribution in [0.2, 0.25) is 0 Å². The van der Waals surface area contributed by atoms with E-state index < -0.39 is 11.4 Å². The second kappa shape index (κ2) is 5.06. The van der Waals surface area contributed by atoms with E-state index >= 15 is 0 Å². The molecule has 1 aromatic carbocycles. The van der Waals surface area contributed by atoms with Gasteiger partial charge < -0.3 is 5.11 Å². The van der Waals surface area contributed by atoms with Crippen molar-refractivity contribution < 1.29 is 9.50 Å². The van der Waals surface area contributed by atoms with Crippen molar-refractivity contribution in [3.8, 4) is 0 Å². The monoisotopic (exact) mass is 326 g/mol. The molecule has 0 aliphatic rings. The predicted molar refractivity (Wildman–Crippen MR) is 75.4 cm³/mol. The molecule has 0 amide bonds. The Morgan fingerprint density at radius 1 is 1.37 bits per heavy atom. The van der Waals surface area contributed by atoms with Gasteiger partial charge in [-0.2, -0.15) is 5.10 Å². The summed E-state index contributed by atoms with van der Waals surface area (Å²) in [7, 11) is 0. The van der Waals surface area contributed by atoms with Crippen LogP contribution in [0.1, 0.15) is 38.1 Å². The van der Waals surface area contributed by atoms with Crippen LogP contribution in [-0.4, -0.2) is 14.9 Å². The van der Waals surface area contributed by atoms with Gasteiger partial charge in [0.15, 0.2) is 0 Å². The highest BCUT2D eigenvalue weighted by Gasteiger charge is 2.34. The zero-order chi connectivity index (χ0) is 14.2. The number of hydrogen-bond donors (Lipinski definition) is 1. The third-order valence-corrected chi connectivity index (χ3v) is 3.68. The normalized spacial score (nSPS) is 14.7. The fourth-order valence-corrected chi connectivity index (χ4v) is 2.83. The Kier molecular flexibility index (Phi) is 3.78. The van der Waals surface area contributed by atoms with Crippen LogP contribution in [-0.2, 0) is 5.60 Å². The molecule has 0 bridgehead atoms. The van der Waals surface area contributed by atoms with E-state index in [4.69, 9.17) is 0 Å². The van der Waals surface area contributed by atoms with E-state index in [1.807, 2.05) is 13.8 Å². The summed E-state index contributed by atoms with van der Waals surface area (Å²) in [6.07, 6.45) is 1.62. The highest BCUT2D eigenvalue weighted by molar-refractivity contribution is 9.10. The summed E-state index contributed by atoms with van der Waals surface area (Å²) < 4.78 is 16.3. The van der Waals surface area contributed by atoms with Crippen molar-refractivity contribution in [3.05, 3.63) is 52.0 Å². The van der Waals surface area contributed by atoms with Crippen LogP contribution in [0.25, 0.3) is 0 Å². The van der Waals surface area contributed by atoms with Crippen molar-refractivity contribution in [2.45, 2.75) is 32.4 Å². The fraction of sp³-hybridized carbons (Fsp3) is 0.357. The molecule has 3 nitrogen and oxygen atoms in total. The molecule has 19 heavy (non-hydrogen) atoms. The van der Waals surface area contributed by atoms with Crippen molar-refractivity contribution in [2.75, 3.05) is 0 Å². The molecule has 0 saturated heterocycles. The first kappa shape index (κ1) is 14.2. The number of aliphatic hydroxyl groups is 1. The van der Waals surface area contributed by atoms with Gasteiger partial charge in [-0.3, -0.25) is 4.68 Å². The lowest BCUT2D eigenvalue weighted by Gasteiger charge is -2.27. The molecule has 0 saturated carbocycles. The van der Waals surface area contributed by atoms with Crippen molar-refractivity contribution >= 4 is 15.9 Å². The molecule has 5 heteroatoms. The maximum absolute atomic E-state index is 13.9. The van der Waals surface area contributed by atoms with Crippen LogP contribution in [0, 0.1) is 5.82 Å². The first-order valence-corrected chi connectivity index (χ1v) is 6.86. The summed E-state index contributed by atoms with van der Waals surface area (Å²) in [6, 6.07) is 6.30. The van der Waals surface area contributed by atoms with E-state index in [0.717, 1.165) is 0 Å². The van der Waals surface area contributed by atoms with Gasteiger partial charge in [-0.1, -0.05) is 18.2 Å². The van der Waals surface area contributed by atoms with E-state index in [2.05, 4.69) is 21.0 Å². The summed E-state index contributed by atoms with van der Waals surface area (Å²) in [5, 5.41) is 15.0. The quantitative estimate of drug-likeness (QED) is 0.935. The second-order valence-corrected chi connectivity index (χ2v) is 5.79. The lowest BCUT2D eigenvalue weighted by molar-refractivity contribution is 0.0852. The highest BCUT2D eigenvalue weighted by Crippen LogP contribution is 2.36. The van der Waals surface area contributed by atoms with Crippen LogP contribution in [0.4, 0.5) is 4.39 Å². The average Bonchev–Trinajstić information content (AvgIpc) is 2.72. The van der Waals surface area contributed by atoms with Crippen molar-refractivity contribution in [2.24, 2.45) is 0 Å². The minimum Gasteiger partial charge on any atom is -0.379 e. The Hall–Kier alpha value is -1.20. The topological polar surface area (TPSA) is 38.0 Å². The first-order valence-electron chi connectivity index (χ1n) is 6.06. The minimum atomic E-state index is -1.45. The zero-order valence-corrected chi connectivity index (χ0v) is 12.6. The van der Waals surface area contributed by atoms with Gasteiger partial charge >= 0.3 is 0 Å². The number of nitrogens with zero attached hydrogens (tertiary/aromatic N) is 2. The van der Waals surface area contributed by atoms with E-state index in [1.165, 1.54) is 6.07 Å². The summed E-state index contributed by atoms with van der Waals surface area (Å²) in [4.78, 5) is 0. The number of halogens is 2. The number of benzene rings is 1. The SMILES string of the molecule is CC(C)n1ncc(Br)c1C(C)(O)c1ccccc1F. The maximum atomic E-state index is 13.9. The smallest absolute Gasteiger partial charge is 0.132 e. The summed E-state index contributed by atoms with van der Waals surface area (Å²) in [5.74, 6) is -0.434. The standard InChI is InChI=1S/C14H16BrFN2O/c1-9(2)18-13(11(15)8-17-18)14(3,19)10-6-4-5-7-12(10)16/h4-9,19H,1-3H3. The van der Waals surface area contributed by atoms with Gasteiger partial charge in [0.2, 0.25) is 0 Å².